The maximum absolute atomic E-state index is 12.2. The summed E-state index contributed by atoms with van der Waals surface area (Å²) in [5.41, 5.74) is 3.31. The first-order valence-electron chi connectivity index (χ1n) is 9.09. The molecule has 0 aliphatic heterocycles. The molecule has 0 atom stereocenters. The number of benzene rings is 1. The Morgan fingerprint density at radius 1 is 1.35 bits per heavy atom. The highest BCUT2D eigenvalue weighted by atomic mass is 16.5. The highest BCUT2D eigenvalue weighted by Crippen LogP contribution is 2.19. The Bertz CT molecular complexity index is 724. The van der Waals surface area contributed by atoms with Gasteiger partial charge in [-0.3, -0.25) is 4.68 Å². The molecule has 0 unspecified atom stereocenters. The molecule has 0 saturated heterocycles. The Balaban J connectivity index is 1.69. The van der Waals surface area contributed by atoms with Gasteiger partial charge in [0.25, 0.3) is 0 Å². The van der Waals surface area contributed by atoms with Crippen LogP contribution in [0.3, 0.4) is 0 Å². The molecule has 0 fully saturated rings. The van der Waals surface area contributed by atoms with Gasteiger partial charge in [-0.2, -0.15) is 5.10 Å². The molecule has 6 heteroatoms. The van der Waals surface area contributed by atoms with E-state index in [0.29, 0.717) is 25.7 Å². The van der Waals surface area contributed by atoms with Crippen LogP contribution in [-0.4, -0.2) is 40.9 Å². The molecular weight excluding hydrogens is 328 g/mol. The Kier molecular flexibility index (Phi) is 7.06. The lowest BCUT2D eigenvalue weighted by atomic mass is 10.1. The zero-order valence-electron chi connectivity index (χ0n) is 16.5. The van der Waals surface area contributed by atoms with Crippen molar-refractivity contribution in [3.8, 4) is 5.75 Å². The van der Waals surface area contributed by atoms with E-state index in [1.54, 1.807) is 18.1 Å². The van der Waals surface area contributed by atoms with Gasteiger partial charge < -0.3 is 15.0 Å². The van der Waals surface area contributed by atoms with Gasteiger partial charge in [-0.05, 0) is 51.3 Å². The van der Waals surface area contributed by atoms with Crippen molar-refractivity contribution in [2.24, 2.45) is 0 Å². The molecule has 0 aliphatic rings. The number of hydrogen-bond acceptors (Lipinski definition) is 3. The van der Waals surface area contributed by atoms with E-state index in [4.69, 9.17) is 4.74 Å². The molecule has 1 aromatic heterocycles. The molecule has 0 bridgehead atoms. The van der Waals surface area contributed by atoms with Crippen molar-refractivity contribution < 1.29 is 9.53 Å². The number of amides is 2. The maximum atomic E-state index is 12.2. The minimum Gasteiger partial charge on any atom is -0.493 e. The van der Waals surface area contributed by atoms with E-state index < -0.39 is 0 Å². The van der Waals surface area contributed by atoms with Gasteiger partial charge in [-0.1, -0.05) is 12.1 Å². The molecular formula is C20H30N4O2. The Hall–Kier alpha value is -2.50. The minimum atomic E-state index is -0.0889. The van der Waals surface area contributed by atoms with Crippen LogP contribution in [0.5, 0.6) is 5.75 Å². The van der Waals surface area contributed by atoms with E-state index in [1.165, 1.54) is 5.56 Å². The lowest BCUT2D eigenvalue weighted by Crippen LogP contribution is -2.37. The van der Waals surface area contributed by atoms with Gasteiger partial charge in [0.2, 0.25) is 0 Å². The van der Waals surface area contributed by atoms with E-state index in [1.807, 2.05) is 23.9 Å². The molecule has 2 amide bonds. The molecule has 2 aromatic rings. The summed E-state index contributed by atoms with van der Waals surface area (Å²) in [6, 6.07) is 6.41. The van der Waals surface area contributed by atoms with E-state index >= 15 is 0 Å². The number of aromatic nitrogens is 2. The Morgan fingerprint density at radius 3 is 2.81 bits per heavy atom. The fraction of sp³-hybridized carbons (Fsp3) is 0.500. The van der Waals surface area contributed by atoms with E-state index in [2.05, 4.69) is 43.3 Å². The number of nitrogens with zero attached hydrogens (tertiary/aromatic N) is 3. The summed E-state index contributed by atoms with van der Waals surface area (Å²) in [6.07, 6.45) is 4.53. The first kappa shape index (κ1) is 19.8. The lowest BCUT2D eigenvalue weighted by Gasteiger charge is -2.18. The van der Waals surface area contributed by atoms with Crippen molar-refractivity contribution in [2.75, 3.05) is 20.2 Å². The number of nitrogens with one attached hydrogen (secondary N) is 1. The van der Waals surface area contributed by atoms with Crippen molar-refractivity contribution in [2.45, 2.75) is 46.7 Å². The first-order valence-corrected chi connectivity index (χ1v) is 9.09. The largest absolute Gasteiger partial charge is 0.493 e. The maximum Gasteiger partial charge on any atom is 0.317 e. The third-order valence-electron chi connectivity index (χ3n) is 4.21. The van der Waals surface area contributed by atoms with Crippen molar-refractivity contribution in [1.29, 1.82) is 0 Å². The second-order valence-electron chi connectivity index (χ2n) is 6.97. The van der Waals surface area contributed by atoms with Gasteiger partial charge in [0.15, 0.2) is 0 Å². The first-order chi connectivity index (χ1) is 12.4. The standard InChI is InChI=1S/C20H30N4O2/c1-15(2)24-14-18(13-22-24)12-21-20(25)23(5)9-6-10-26-19-11-16(3)7-8-17(19)4/h7-8,11,13-15H,6,9-10,12H2,1-5H3,(H,21,25). The molecule has 0 radical (unpaired) electrons. The fourth-order valence-electron chi connectivity index (χ4n) is 2.51. The zero-order valence-corrected chi connectivity index (χ0v) is 16.5. The van der Waals surface area contributed by atoms with Crippen LogP contribution < -0.4 is 10.1 Å². The molecule has 0 saturated carbocycles. The minimum absolute atomic E-state index is 0.0889. The monoisotopic (exact) mass is 358 g/mol. The van der Waals surface area contributed by atoms with Crippen LogP contribution >= 0.6 is 0 Å². The van der Waals surface area contributed by atoms with E-state index in [-0.39, 0.29) is 6.03 Å². The molecule has 6 nitrogen and oxygen atoms in total. The average Bonchev–Trinajstić information content (AvgIpc) is 3.08. The number of rotatable bonds is 8. The quantitative estimate of drug-likeness (QED) is 0.732. The van der Waals surface area contributed by atoms with Crippen molar-refractivity contribution in [1.82, 2.24) is 20.0 Å². The molecule has 1 heterocycles. The van der Waals surface area contributed by atoms with Crippen molar-refractivity contribution >= 4 is 6.03 Å². The fourth-order valence-corrected chi connectivity index (χ4v) is 2.51. The summed E-state index contributed by atoms with van der Waals surface area (Å²) in [4.78, 5) is 13.8. The summed E-state index contributed by atoms with van der Waals surface area (Å²) in [7, 11) is 1.80. The predicted octanol–water partition coefficient (Wildman–Crippen LogP) is 3.69. The Morgan fingerprint density at radius 2 is 2.12 bits per heavy atom. The van der Waals surface area contributed by atoms with Gasteiger partial charge >= 0.3 is 6.03 Å². The van der Waals surface area contributed by atoms with Crippen LogP contribution in [0.15, 0.2) is 30.6 Å². The number of carbonyl (C=O) groups excluding carboxylic acids is 1. The van der Waals surface area contributed by atoms with Gasteiger partial charge in [0, 0.05) is 37.9 Å². The van der Waals surface area contributed by atoms with Gasteiger partial charge in [-0.15, -0.1) is 0 Å². The number of carbonyl (C=O) groups is 1. The highest BCUT2D eigenvalue weighted by molar-refractivity contribution is 5.73. The summed E-state index contributed by atoms with van der Waals surface area (Å²) in [6.45, 7) is 9.94. The van der Waals surface area contributed by atoms with Crippen molar-refractivity contribution in [3.05, 3.63) is 47.3 Å². The second kappa shape index (κ2) is 9.27. The van der Waals surface area contributed by atoms with Crippen LogP contribution in [0.2, 0.25) is 0 Å². The molecule has 2 rings (SSSR count). The molecule has 142 valence electrons. The molecule has 0 aliphatic carbocycles. The highest BCUT2D eigenvalue weighted by Gasteiger charge is 2.09. The van der Waals surface area contributed by atoms with Crippen LogP contribution in [-0.2, 0) is 6.54 Å². The Labute approximate surface area is 156 Å². The van der Waals surface area contributed by atoms with E-state index in [9.17, 15) is 4.79 Å². The molecule has 1 N–H and O–H groups in total. The summed E-state index contributed by atoms with van der Waals surface area (Å²) < 4.78 is 7.72. The summed E-state index contributed by atoms with van der Waals surface area (Å²) in [5.74, 6) is 0.916. The molecule has 1 aromatic carbocycles. The third-order valence-corrected chi connectivity index (χ3v) is 4.21. The van der Waals surface area contributed by atoms with Gasteiger partial charge in [0.1, 0.15) is 5.75 Å². The van der Waals surface area contributed by atoms with Crippen LogP contribution in [0.1, 0.15) is 43.0 Å². The average molecular weight is 358 g/mol. The predicted molar refractivity (Wildman–Crippen MR) is 104 cm³/mol. The number of ether oxygens (including phenoxy) is 1. The van der Waals surface area contributed by atoms with Crippen LogP contribution in [0, 0.1) is 13.8 Å². The second-order valence-corrected chi connectivity index (χ2v) is 6.97. The van der Waals surface area contributed by atoms with Gasteiger partial charge in [0.05, 0.1) is 12.8 Å². The zero-order chi connectivity index (χ0) is 19.1. The molecule has 26 heavy (non-hydrogen) atoms. The normalized spacial score (nSPS) is 10.8. The van der Waals surface area contributed by atoms with Crippen molar-refractivity contribution in [3.63, 3.8) is 0 Å². The van der Waals surface area contributed by atoms with E-state index in [0.717, 1.165) is 23.3 Å². The van der Waals surface area contributed by atoms with Crippen LogP contribution in [0.25, 0.3) is 0 Å². The molecule has 0 spiro atoms. The summed E-state index contributed by atoms with van der Waals surface area (Å²) in [5, 5.41) is 7.20. The summed E-state index contributed by atoms with van der Waals surface area (Å²) >= 11 is 0. The lowest BCUT2D eigenvalue weighted by molar-refractivity contribution is 0.203. The number of hydrogen-bond donors (Lipinski definition) is 1. The topological polar surface area (TPSA) is 59.4 Å². The number of urea groups is 1. The third kappa shape index (κ3) is 5.79. The van der Waals surface area contributed by atoms with Crippen LogP contribution in [0.4, 0.5) is 4.79 Å². The smallest absolute Gasteiger partial charge is 0.317 e. The SMILES string of the molecule is Cc1ccc(C)c(OCCCN(C)C(=O)NCc2cnn(C(C)C)c2)c1. The van der Waals surface area contributed by atoms with Gasteiger partial charge in [-0.25, -0.2) is 4.79 Å². The number of aryl methyl sites for hydroxylation is 2.